The van der Waals surface area contributed by atoms with Crippen LogP contribution in [0.5, 0.6) is 5.75 Å². The summed E-state index contributed by atoms with van der Waals surface area (Å²) in [6.45, 7) is 7.22. The van der Waals surface area contributed by atoms with Gasteiger partial charge in [-0.2, -0.15) is 0 Å². The summed E-state index contributed by atoms with van der Waals surface area (Å²) in [6, 6.07) is 7.00. The van der Waals surface area contributed by atoms with Crippen molar-refractivity contribution in [1.29, 1.82) is 0 Å². The fourth-order valence-corrected chi connectivity index (χ4v) is 4.33. The average Bonchev–Trinajstić information content (AvgIpc) is 3.38. The summed E-state index contributed by atoms with van der Waals surface area (Å²) >= 11 is 0. The van der Waals surface area contributed by atoms with E-state index in [1.807, 2.05) is 18.2 Å². The Morgan fingerprint density at radius 3 is 2.70 bits per heavy atom. The van der Waals surface area contributed by atoms with Gasteiger partial charge >= 0.3 is 0 Å². The Bertz CT molecular complexity index is 721. The number of aliphatic imine (C=N–C) groups is 1. The number of nitrogens with zero attached hydrogens (tertiary/aromatic N) is 2. The van der Waals surface area contributed by atoms with Crippen molar-refractivity contribution in [2.24, 2.45) is 4.99 Å². The molecule has 1 aliphatic heterocycles. The number of guanidine groups is 1. The molecule has 30 heavy (non-hydrogen) atoms. The van der Waals surface area contributed by atoms with Gasteiger partial charge in [0.2, 0.25) is 5.91 Å². The Kier molecular flexibility index (Phi) is 10.2. The molecule has 1 atom stereocenters. The lowest BCUT2D eigenvalue weighted by Gasteiger charge is -2.24. The van der Waals surface area contributed by atoms with E-state index in [4.69, 9.17) is 9.73 Å². The summed E-state index contributed by atoms with van der Waals surface area (Å²) in [5, 5.41) is 9.79. The van der Waals surface area contributed by atoms with E-state index in [-0.39, 0.29) is 29.9 Å². The molecule has 1 heterocycles. The smallest absolute Gasteiger partial charge is 0.221 e. The third kappa shape index (κ3) is 7.01. The van der Waals surface area contributed by atoms with Crippen molar-refractivity contribution in [2.45, 2.75) is 64.6 Å². The highest BCUT2D eigenvalue weighted by Gasteiger charge is 2.30. The Balaban J connectivity index is 0.00000320. The molecule has 1 aliphatic carbocycles. The summed E-state index contributed by atoms with van der Waals surface area (Å²) in [4.78, 5) is 18.9. The van der Waals surface area contributed by atoms with Crippen molar-refractivity contribution in [3.63, 3.8) is 0 Å². The van der Waals surface area contributed by atoms with Gasteiger partial charge in [0.15, 0.2) is 5.96 Å². The van der Waals surface area contributed by atoms with Gasteiger partial charge < -0.3 is 20.7 Å². The van der Waals surface area contributed by atoms with Gasteiger partial charge in [-0.15, -0.1) is 24.0 Å². The van der Waals surface area contributed by atoms with E-state index in [9.17, 15) is 4.79 Å². The van der Waals surface area contributed by atoms with Crippen LogP contribution in [0.3, 0.4) is 0 Å². The third-order valence-electron chi connectivity index (χ3n) is 5.74. The lowest BCUT2D eigenvalue weighted by atomic mass is 10.2. The summed E-state index contributed by atoms with van der Waals surface area (Å²) in [5.74, 6) is 1.38. The molecule has 0 spiro atoms. The molecule has 2 fully saturated rings. The van der Waals surface area contributed by atoms with E-state index >= 15 is 0 Å². The van der Waals surface area contributed by atoms with E-state index in [1.54, 1.807) is 7.11 Å². The van der Waals surface area contributed by atoms with Crippen molar-refractivity contribution in [3.05, 3.63) is 23.8 Å². The monoisotopic (exact) mass is 529 g/mol. The number of carbonyl (C=O) groups is 1. The molecule has 0 aromatic heterocycles. The number of nitrogens with one attached hydrogen (secondary N) is 3. The zero-order valence-corrected chi connectivity index (χ0v) is 20.7. The number of hydrogen-bond donors (Lipinski definition) is 3. The predicted octanol–water partition coefficient (Wildman–Crippen LogP) is 3.34. The molecule has 3 rings (SSSR count). The molecule has 1 saturated heterocycles. The first-order chi connectivity index (χ1) is 14.1. The Morgan fingerprint density at radius 1 is 1.27 bits per heavy atom. The first-order valence-corrected chi connectivity index (χ1v) is 10.8. The minimum atomic E-state index is -0.119. The second-order valence-electron chi connectivity index (χ2n) is 7.97. The number of anilines is 1. The van der Waals surface area contributed by atoms with Crippen LogP contribution in [0.25, 0.3) is 0 Å². The summed E-state index contributed by atoms with van der Waals surface area (Å²) in [7, 11) is 1.60. The normalized spacial score (nSPS) is 20.0. The number of ether oxygens (including phenoxy) is 1. The average molecular weight is 529 g/mol. The van der Waals surface area contributed by atoms with E-state index in [0.29, 0.717) is 24.0 Å². The molecule has 2 aliphatic rings. The quantitative estimate of drug-likeness (QED) is 0.287. The van der Waals surface area contributed by atoms with E-state index in [2.05, 4.69) is 27.8 Å². The fourth-order valence-electron chi connectivity index (χ4n) is 4.33. The van der Waals surface area contributed by atoms with Gasteiger partial charge in [-0.1, -0.05) is 18.9 Å². The van der Waals surface area contributed by atoms with Gasteiger partial charge in [0, 0.05) is 38.6 Å². The topological polar surface area (TPSA) is 78.0 Å². The zero-order valence-electron chi connectivity index (χ0n) is 18.4. The van der Waals surface area contributed by atoms with Crippen LogP contribution in [0.2, 0.25) is 0 Å². The van der Waals surface area contributed by atoms with Crippen LogP contribution in [0.1, 0.15) is 51.5 Å². The van der Waals surface area contributed by atoms with Gasteiger partial charge in [0.25, 0.3) is 0 Å². The summed E-state index contributed by atoms with van der Waals surface area (Å²) < 4.78 is 5.33. The molecule has 1 amide bonds. The Hall–Kier alpha value is -1.55. The lowest BCUT2D eigenvalue weighted by molar-refractivity contribution is -0.114. The highest BCUT2D eigenvalue weighted by Crippen LogP contribution is 2.27. The van der Waals surface area contributed by atoms with E-state index in [0.717, 1.165) is 37.1 Å². The number of likely N-dealkylation sites (tertiary alicyclic amines) is 1. The van der Waals surface area contributed by atoms with Crippen LogP contribution in [0.15, 0.2) is 23.2 Å². The molecule has 7 nitrogen and oxygen atoms in total. The van der Waals surface area contributed by atoms with Crippen molar-refractivity contribution in [3.8, 4) is 5.75 Å². The third-order valence-corrected chi connectivity index (χ3v) is 5.74. The van der Waals surface area contributed by atoms with Crippen LogP contribution < -0.4 is 20.7 Å². The van der Waals surface area contributed by atoms with Gasteiger partial charge in [0.05, 0.1) is 19.3 Å². The van der Waals surface area contributed by atoms with E-state index < -0.39 is 0 Å². The minimum absolute atomic E-state index is 0. The number of methoxy groups -OCH3 is 1. The second-order valence-corrected chi connectivity index (χ2v) is 7.97. The van der Waals surface area contributed by atoms with Crippen LogP contribution in [0, 0.1) is 0 Å². The first kappa shape index (κ1) is 24.7. The van der Waals surface area contributed by atoms with Crippen LogP contribution in [-0.2, 0) is 11.3 Å². The van der Waals surface area contributed by atoms with Gasteiger partial charge in [-0.25, -0.2) is 4.99 Å². The zero-order chi connectivity index (χ0) is 20.6. The molecule has 1 unspecified atom stereocenters. The Morgan fingerprint density at radius 2 is 2.03 bits per heavy atom. The maximum atomic E-state index is 11.4. The van der Waals surface area contributed by atoms with Gasteiger partial charge in [-0.05, 0) is 43.9 Å². The van der Waals surface area contributed by atoms with Gasteiger partial charge in [-0.3, -0.25) is 9.69 Å². The maximum Gasteiger partial charge on any atom is 0.221 e. The van der Waals surface area contributed by atoms with Gasteiger partial charge in [0.1, 0.15) is 5.75 Å². The molecule has 0 bridgehead atoms. The molecular weight excluding hydrogens is 493 g/mol. The van der Waals surface area contributed by atoms with Crippen molar-refractivity contribution < 1.29 is 9.53 Å². The largest absolute Gasteiger partial charge is 0.495 e. The number of rotatable bonds is 7. The van der Waals surface area contributed by atoms with E-state index in [1.165, 1.54) is 39.2 Å². The fraction of sp³-hybridized carbons (Fsp3) is 0.636. The number of carbonyl (C=O) groups excluding carboxylic acids is 1. The molecule has 1 saturated carbocycles. The highest BCUT2D eigenvalue weighted by molar-refractivity contribution is 14.0. The molecule has 1 aromatic carbocycles. The maximum absolute atomic E-state index is 11.4. The lowest BCUT2D eigenvalue weighted by Crippen LogP contribution is -2.45. The molecule has 8 heteroatoms. The second kappa shape index (κ2) is 12.3. The standard InChI is InChI=1S/C22H35N5O2.HI/c1-4-23-22(26-18-11-12-27(15-18)19-7-5-6-8-19)24-14-17-9-10-21(29-3)20(13-17)25-16(2)28;/h9-10,13,18-19H,4-8,11-12,14-15H2,1-3H3,(H,25,28)(H2,23,24,26);1H. The molecule has 3 N–H and O–H groups in total. The minimum Gasteiger partial charge on any atom is -0.495 e. The first-order valence-electron chi connectivity index (χ1n) is 10.8. The highest BCUT2D eigenvalue weighted by atomic mass is 127. The number of amides is 1. The molecule has 1 aromatic rings. The van der Waals surface area contributed by atoms with Crippen molar-refractivity contribution >= 4 is 41.5 Å². The van der Waals surface area contributed by atoms with Crippen LogP contribution in [-0.4, -0.2) is 55.6 Å². The summed E-state index contributed by atoms with van der Waals surface area (Å²) in [6.07, 6.45) is 6.64. The number of benzene rings is 1. The number of halogens is 1. The molecule has 0 radical (unpaired) electrons. The van der Waals surface area contributed by atoms with Crippen LogP contribution >= 0.6 is 24.0 Å². The van der Waals surface area contributed by atoms with Crippen molar-refractivity contribution in [2.75, 3.05) is 32.1 Å². The van der Waals surface area contributed by atoms with Crippen LogP contribution in [0.4, 0.5) is 5.69 Å². The SMILES string of the molecule is CCNC(=NCc1ccc(OC)c(NC(C)=O)c1)NC1CCN(C2CCCC2)C1.I. The van der Waals surface area contributed by atoms with Crippen molar-refractivity contribution in [1.82, 2.24) is 15.5 Å². The predicted molar refractivity (Wildman–Crippen MR) is 133 cm³/mol. The number of hydrogen-bond acceptors (Lipinski definition) is 4. The summed E-state index contributed by atoms with van der Waals surface area (Å²) in [5.41, 5.74) is 1.69. The Labute approximate surface area is 197 Å². The molecule has 168 valence electrons. The molecular formula is C22H36IN5O2.